The SMILES string of the molecule is CC(C)(C)c1ccc(-c2c3ccc(=N)c(S(=O)(=O)O)c-3oc3c(S(=O)(=O)O)c(N)ccc23)c(C(=O)[O-])c1. The molecule has 0 unspecified atom stereocenters. The standard InChI is InChI=1S/C24H22N2O9S2/c1-24(2,3)11-4-5-12(15(10-11)23(27)28)18-13-6-8-16(25)21(36(29,30)31)19(13)35-20-14(18)7-9-17(26)22(20)37(32,33)34/h4-10,25H,26H2,1-3H3,(H,27,28)(H,29,30,31)(H,32,33,34)/p-1. The van der Waals surface area contributed by atoms with Gasteiger partial charge in [0.25, 0.3) is 20.2 Å². The van der Waals surface area contributed by atoms with Gasteiger partial charge < -0.3 is 20.1 Å². The number of nitrogen functional groups attached to an aromatic ring is 1. The van der Waals surface area contributed by atoms with Crippen LogP contribution in [-0.4, -0.2) is 31.9 Å². The molecule has 0 spiro atoms. The molecular weight excluding hydrogens is 524 g/mol. The number of hydrogen-bond donors (Lipinski definition) is 4. The van der Waals surface area contributed by atoms with Crippen molar-refractivity contribution in [1.29, 1.82) is 5.41 Å². The first-order valence-corrected chi connectivity index (χ1v) is 13.5. The first-order valence-electron chi connectivity index (χ1n) is 10.6. The van der Waals surface area contributed by atoms with E-state index >= 15 is 0 Å². The van der Waals surface area contributed by atoms with Crippen LogP contribution in [0.3, 0.4) is 0 Å². The summed E-state index contributed by atoms with van der Waals surface area (Å²) in [5.74, 6) is -2.21. The summed E-state index contributed by atoms with van der Waals surface area (Å²) in [6, 6.07) is 9.27. The second-order valence-corrected chi connectivity index (χ2v) is 12.1. The molecule has 2 aromatic carbocycles. The number of benzene rings is 3. The van der Waals surface area contributed by atoms with Gasteiger partial charge in [0, 0.05) is 22.1 Å². The summed E-state index contributed by atoms with van der Waals surface area (Å²) in [5, 5.41) is 19.6. The van der Waals surface area contributed by atoms with Crippen LogP contribution >= 0.6 is 0 Å². The molecule has 0 bridgehead atoms. The van der Waals surface area contributed by atoms with Crippen molar-refractivity contribution in [1.82, 2.24) is 0 Å². The van der Waals surface area contributed by atoms with Gasteiger partial charge in [-0.3, -0.25) is 14.5 Å². The number of fused-ring (bicyclic) bond motifs is 2. The van der Waals surface area contributed by atoms with E-state index in [9.17, 15) is 35.8 Å². The number of carbonyl (C=O) groups excluding carboxylic acids is 1. The number of carboxylic acids is 1. The maximum absolute atomic E-state index is 12.3. The summed E-state index contributed by atoms with van der Waals surface area (Å²) in [7, 11) is -10.1. The summed E-state index contributed by atoms with van der Waals surface area (Å²) in [6.45, 7) is 5.59. The fourth-order valence-corrected chi connectivity index (χ4v) is 5.68. The zero-order chi connectivity index (χ0) is 27.7. The van der Waals surface area contributed by atoms with Gasteiger partial charge in [-0.05, 0) is 46.9 Å². The fourth-order valence-electron chi connectivity index (χ4n) is 4.19. The van der Waals surface area contributed by atoms with Gasteiger partial charge in [-0.2, -0.15) is 16.8 Å². The Morgan fingerprint density at radius 1 is 0.946 bits per heavy atom. The highest BCUT2D eigenvalue weighted by atomic mass is 32.2. The molecule has 0 radical (unpaired) electrons. The van der Waals surface area contributed by atoms with E-state index in [0.29, 0.717) is 5.56 Å². The lowest BCUT2D eigenvalue weighted by molar-refractivity contribution is -0.254. The van der Waals surface area contributed by atoms with Crippen molar-refractivity contribution in [3.8, 4) is 22.5 Å². The van der Waals surface area contributed by atoms with Crippen LogP contribution in [0.1, 0.15) is 36.7 Å². The van der Waals surface area contributed by atoms with Gasteiger partial charge in [0.15, 0.2) is 21.1 Å². The molecule has 4 rings (SSSR count). The van der Waals surface area contributed by atoms with Crippen molar-refractivity contribution in [3.63, 3.8) is 0 Å². The Bertz CT molecular complexity index is 1870. The summed E-state index contributed by atoms with van der Waals surface area (Å²) >= 11 is 0. The lowest BCUT2D eigenvalue weighted by Gasteiger charge is -2.24. The normalized spacial score (nSPS) is 12.8. The molecule has 2 aliphatic rings. The van der Waals surface area contributed by atoms with Crippen molar-refractivity contribution in [3.05, 3.63) is 58.9 Å². The quantitative estimate of drug-likeness (QED) is 0.167. The average Bonchev–Trinajstić information content (AvgIpc) is 2.74. The zero-order valence-electron chi connectivity index (χ0n) is 19.7. The molecule has 0 aromatic heterocycles. The average molecular weight is 546 g/mol. The summed E-state index contributed by atoms with van der Waals surface area (Å²) in [4.78, 5) is 10.4. The Morgan fingerprint density at radius 2 is 1.54 bits per heavy atom. The second kappa shape index (κ2) is 8.38. The molecule has 13 heteroatoms. The Morgan fingerprint density at radius 3 is 2.08 bits per heavy atom. The molecule has 37 heavy (non-hydrogen) atoms. The third-order valence-electron chi connectivity index (χ3n) is 5.89. The monoisotopic (exact) mass is 545 g/mol. The van der Waals surface area contributed by atoms with E-state index in [0.717, 1.165) is 12.1 Å². The van der Waals surface area contributed by atoms with Gasteiger partial charge in [0.2, 0.25) is 0 Å². The van der Waals surface area contributed by atoms with Crippen LogP contribution in [0.15, 0.2) is 56.7 Å². The first kappa shape index (κ1) is 26.3. The highest BCUT2D eigenvalue weighted by Crippen LogP contribution is 2.46. The molecule has 194 valence electrons. The van der Waals surface area contributed by atoms with Gasteiger partial charge in [0.05, 0.1) is 17.0 Å². The molecule has 1 aliphatic heterocycles. The van der Waals surface area contributed by atoms with E-state index in [1.807, 2.05) is 20.8 Å². The molecule has 1 heterocycles. The maximum atomic E-state index is 12.3. The molecule has 5 N–H and O–H groups in total. The van der Waals surface area contributed by atoms with Crippen molar-refractivity contribution in [2.45, 2.75) is 36.0 Å². The Labute approximate surface area is 211 Å². The van der Waals surface area contributed by atoms with Gasteiger partial charge in [-0.25, -0.2) is 0 Å². The predicted octanol–water partition coefficient (Wildman–Crippen LogP) is 2.42. The van der Waals surface area contributed by atoms with Gasteiger partial charge >= 0.3 is 0 Å². The number of carboxylic acid groups (broad SMARTS) is 1. The van der Waals surface area contributed by atoms with Gasteiger partial charge in [-0.15, -0.1) is 0 Å². The van der Waals surface area contributed by atoms with Crippen LogP contribution in [0.2, 0.25) is 0 Å². The first-order chi connectivity index (χ1) is 16.9. The lowest BCUT2D eigenvalue weighted by Crippen LogP contribution is -2.24. The molecule has 0 atom stereocenters. The minimum absolute atomic E-state index is 0.00359. The van der Waals surface area contributed by atoms with Crippen LogP contribution in [0.5, 0.6) is 0 Å². The van der Waals surface area contributed by atoms with E-state index < -0.39 is 63.8 Å². The van der Waals surface area contributed by atoms with E-state index in [1.54, 1.807) is 6.07 Å². The van der Waals surface area contributed by atoms with Crippen LogP contribution in [0, 0.1) is 5.41 Å². The molecule has 1 aliphatic carbocycles. The van der Waals surface area contributed by atoms with Crippen LogP contribution in [-0.2, 0) is 25.7 Å². The number of rotatable bonds is 4. The largest absolute Gasteiger partial charge is 0.545 e. The van der Waals surface area contributed by atoms with Crippen molar-refractivity contribution >= 4 is 42.9 Å². The third-order valence-corrected chi connectivity index (χ3v) is 7.75. The number of nitrogens with two attached hydrogens (primary N) is 1. The van der Waals surface area contributed by atoms with E-state index in [1.165, 1.54) is 24.3 Å². The van der Waals surface area contributed by atoms with Crippen molar-refractivity contribution < 1.29 is 40.3 Å². The van der Waals surface area contributed by atoms with Crippen LogP contribution in [0.4, 0.5) is 5.69 Å². The van der Waals surface area contributed by atoms with Crippen LogP contribution in [0.25, 0.3) is 33.4 Å². The van der Waals surface area contributed by atoms with Crippen molar-refractivity contribution in [2.75, 3.05) is 5.73 Å². The molecule has 0 saturated carbocycles. The molecule has 2 aromatic rings. The second-order valence-electron chi connectivity index (χ2n) is 9.40. The number of anilines is 1. The lowest BCUT2D eigenvalue weighted by atomic mass is 9.83. The number of carbonyl (C=O) groups is 1. The fraction of sp³-hybridized carbons (Fsp3) is 0.167. The molecule has 11 nitrogen and oxygen atoms in total. The van der Waals surface area contributed by atoms with E-state index in [4.69, 9.17) is 15.6 Å². The topological polar surface area (TPSA) is 212 Å². The van der Waals surface area contributed by atoms with Crippen LogP contribution < -0.4 is 16.2 Å². The van der Waals surface area contributed by atoms with E-state index in [2.05, 4.69) is 0 Å². The molecule has 0 saturated heterocycles. The number of nitrogens with one attached hydrogen (secondary N) is 1. The number of aromatic carboxylic acids is 1. The Hall–Kier alpha value is -3.78. The predicted molar refractivity (Wildman–Crippen MR) is 131 cm³/mol. The highest BCUT2D eigenvalue weighted by Gasteiger charge is 2.31. The zero-order valence-corrected chi connectivity index (χ0v) is 21.3. The molecule has 0 amide bonds. The Balaban J connectivity index is 2.35. The summed E-state index contributed by atoms with van der Waals surface area (Å²) in [5.41, 5.74) is 4.57. The highest BCUT2D eigenvalue weighted by molar-refractivity contribution is 7.86. The van der Waals surface area contributed by atoms with Gasteiger partial charge in [0.1, 0.15) is 0 Å². The van der Waals surface area contributed by atoms with Gasteiger partial charge in [-0.1, -0.05) is 32.9 Å². The minimum atomic E-state index is -5.09. The van der Waals surface area contributed by atoms with E-state index in [-0.39, 0.29) is 27.6 Å². The smallest absolute Gasteiger partial charge is 0.300 e. The molecule has 0 fully saturated rings. The molecular formula is C24H21N2O9S2-. The third kappa shape index (κ3) is 4.46. The maximum Gasteiger partial charge on any atom is 0.300 e. The minimum Gasteiger partial charge on any atom is -0.545 e. The summed E-state index contributed by atoms with van der Waals surface area (Å²) < 4.78 is 74.2. The van der Waals surface area contributed by atoms with Crippen molar-refractivity contribution in [2.24, 2.45) is 0 Å². The number of hydrogen-bond acceptors (Lipinski definition) is 9. The summed E-state index contributed by atoms with van der Waals surface area (Å²) in [6.07, 6.45) is 0. The Kier molecular flexibility index (Phi) is 5.95.